The summed E-state index contributed by atoms with van der Waals surface area (Å²) in [4.78, 5) is 5.66. The van der Waals surface area contributed by atoms with E-state index in [0.29, 0.717) is 0 Å². The Morgan fingerprint density at radius 1 is 1.10 bits per heavy atom. The molecule has 0 fully saturated rings. The molecule has 4 rings (SSSR count). The number of aromatic nitrogens is 1. The van der Waals surface area contributed by atoms with Crippen molar-refractivity contribution < 1.29 is 5.11 Å². The molecule has 3 aromatic rings. The lowest BCUT2D eigenvalue weighted by Crippen LogP contribution is -2.14. The highest BCUT2D eigenvalue weighted by molar-refractivity contribution is 8.00. The molecule has 2 unspecified atom stereocenters. The van der Waals surface area contributed by atoms with Crippen LogP contribution in [0, 0.1) is 0 Å². The van der Waals surface area contributed by atoms with Gasteiger partial charge in [0.25, 0.3) is 0 Å². The Kier molecular flexibility index (Phi) is 3.17. The van der Waals surface area contributed by atoms with Crippen LogP contribution in [0.3, 0.4) is 0 Å². The van der Waals surface area contributed by atoms with Crippen molar-refractivity contribution in [1.82, 2.24) is 4.98 Å². The number of aliphatic hydroxyl groups excluding tert-OH is 1. The molecular weight excluding hydrogens is 278 g/mol. The number of benzene rings is 2. The van der Waals surface area contributed by atoms with Crippen LogP contribution in [0.25, 0.3) is 10.9 Å². The number of hydrogen-bond donors (Lipinski definition) is 1. The average Bonchev–Trinajstić information content (AvgIpc) is 2.97. The van der Waals surface area contributed by atoms with Crippen molar-refractivity contribution in [3.63, 3.8) is 0 Å². The summed E-state index contributed by atoms with van der Waals surface area (Å²) in [6, 6.07) is 18.4. The summed E-state index contributed by atoms with van der Waals surface area (Å²) in [5.74, 6) is 0. The molecule has 0 aliphatic carbocycles. The fraction of sp³-hybridized carbons (Fsp3) is 0.167. The van der Waals surface area contributed by atoms with Crippen LogP contribution in [0.4, 0.5) is 0 Å². The first-order chi connectivity index (χ1) is 10.3. The zero-order valence-electron chi connectivity index (χ0n) is 11.4. The van der Waals surface area contributed by atoms with Gasteiger partial charge in [-0.2, -0.15) is 0 Å². The number of fused-ring (bicyclic) bond motifs is 2. The fourth-order valence-corrected chi connectivity index (χ4v) is 4.20. The lowest BCUT2D eigenvalue weighted by molar-refractivity contribution is 0.175. The van der Waals surface area contributed by atoms with Crippen LogP contribution in [-0.4, -0.2) is 15.3 Å². The van der Waals surface area contributed by atoms with Crippen molar-refractivity contribution in [2.75, 3.05) is 0 Å². The Morgan fingerprint density at radius 3 is 2.90 bits per heavy atom. The molecule has 1 N–H and O–H groups in total. The van der Waals surface area contributed by atoms with Crippen LogP contribution in [0.15, 0.2) is 65.7 Å². The molecule has 1 aliphatic rings. The molecule has 0 spiro atoms. The van der Waals surface area contributed by atoms with Crippen molar-refractivity contribution in [2.24, 2.45) is 0 Å². The molecule has 2 nitrogen and oxygen atoms in total. The number of pyridine rings is 1. The van der Waals surface area contributed by atoms with E-state index in [1.54, 1.807) is 18.0 Å². The average molecular weight is 293 g/mol. The number of thioether (sulfide) groups is 1. The summed E-state index contributed by atoms with van der Waals surface area (Å²) in [6.45, 7) is 0. The second kappa shape index (κ2) is 5.17. The highest BCUT2D eigenvalue weighted by atomic mass is 32.2. The molecule has 21 heavy (non-hydrogen) atoms. The summed E-state index contributed by atoms with van der Waals surface area (Å²) in [6.07, 6.45) is 2.25. The Bertz CT molecular complexity index is 777. The Hall–Kier alpha value is -1.84. The van der Waals surface area contributed by atoms with Gasteiger partial charge in [0.1, 0.15) is 0 Å². The molecule has 2 aromatic carbocycles. The van der Waals surface area contributed by atoms with Crippen molar-refractivity contribution in [2.45, 2.75) is 22.7 Å². The fourth-order valence-electron chi connectivity index (χ4n) is 2.87. The van der Waals surface area contributed by atoms with E-state index in [1.165, 1.54) is 10.5 Å². The summed E-state index contributed by atoms with van der Waals surface area (Å²) >= 11 is 1.77. The van der Waals surface area contributed by atoms with Crippen molar-refractivity contribution in [3.8, 4) is 0 Å². The van der Waals surface area contributed by atoms with Gasteiger partial charge in [-0.1, -0.05) is 36.4 Å². The van der Waals surface area contributed by atoms with E-state index in [1.807, 2.05) is 30.3 Å². The number of nitrogens with zero attached hydrogens (tertiary/aromatic N) is 1. The molecular formula is C18H15NOS. The monoisotopic (exact) mass is 293 g/mol. The minimum Gasteiger partial charge on any atom is -0.387 e. The van der Waals surface area contributed by atoms with Crippen molar-refractivity contribution >= 4 is 22.7 Å². The molecule has 1 aromatic heterocycles. The Balaban J connectivity index is 1.64. The second-order valence-electron chi connectivity index (χ2n) is 5.37. The molecule has 2 atom stereocenters. The molecule has 0 amide bonds. The van der Waals surface area contributed by atoms with Crippen LogP contribution in [0.2, 0.25) is 0 Å². The summed E-state index contributed by atoms with van der Waals surface area (Å²) in [7, 11) is 0. The first kappa shape index (κ1) is 12.9. The van der Waals surface area contributed by atoms with E-state index >= 15 is 0 Å². The van der Waals surface area contributed by atoms with Gasteiger partial charge in [0, 0.05) is 21.7 Å². The topological polar surface area (TPSA) is 33.1 Å². The summed E-state index contributed by atoms with van der Waals surface area (Å²) < 4.78 is 0. The minimum absolute atomic E-state index is 0.184. The standard InChI is InChI=1S/C18H15NOS/c20-18(17-11-13-4-1-2-6-16(13)21-17)14-8-7-12-5-3-9-19-15(12)10-14/h1-10,17-18,20H,11H2. The zero-order valence-corrected chi connectivity index (χ0v) is 12.3. The quantitative estimate of drug-likeness (QED) is 0.775. The van der Waals surface area contributed by atoms with Gasteiger partial charge >= 0.3 is 0 Å². The molecule has 2 heterocycles. The molecule has 104 valence electrons. The maximum Gasteiger partial charge on any atom is 0.0916 e. The number of rotatable bonds is 2. The third-order valence-electron chi connectivity index (χ3n) is 4.00. The normalized spacial score (nSPS) is 18.6. The summed E-state index contributed by atoms with van der Waals surface area (Å²) in [5.41, 5.74) is 3.23. The van der Waals surface area contributed by atoms with Gasteiger partial charge < -0.3 is 5.11 Å². The van der Waals surface area contributed by atoms with E-state index in [0.717, 1.165) is 22.9 Å². The second-order valence-corrected chi connectivity index (χ2v) is 6.65. The van der Waals surface area contributed by atoms with E-state index in [2.05, 4.69) is 29.2 Å². The zero-order chi connectivity index (χ0) is 14.2. The van der Waals surface area contributed by atoms with Crippen LogP contribution in [0.5, 0.6) is 0 Å². The predicted octanol–water partition coefficient (Wildman–Crippen LogP) is 3.99. The smallest absolute Gasteiger partial charge is 0.0916 e. The molecule has 0 radical (unpaired) electrons. The highest BCUT2D eigenvalue weighted by Gasteiger charge is 2.29. The van der Waals surface area contributed by atoms with Gasteiger partial charge in [-0.3, -0.25) is 4.98 Å². The van der Waals surface area contributed by atoms with E-state index in [-0.39, 0.29) is 5.25 Å². The Morgan fingerprint density at radius 2 is 2.00 bits per heavy atom. The molecule has 0 saturated heterocycles. The maximum absolute atomic E-state index is 10.7. The largest absolute Gasteiger partial charge is 0.387 e. The van der Waals surface area contributed by atoms with Gasteiger partial charge in [0.15, 0.2) is 0 Å². The molecule has 0 bridgehead atoms. The summed E-state index contributed by atoms with van der Waals surface area (Å²) in [5, 5.41) is 12.0. The lowest BCUT2D eigenvalue weighted by atomic mass is 10.00. The first-order valence-corrected chi connectivity index (χ1v) is 7.96. The van der Waals surface area contributed by atoms with Crippen LogP contribution < -0.4 is 0 Å². The predicted molar refractivity (Wildman–Crippen MR) is 86.5 cm³/mol. The van der Waals surface area contributed by atoms with Gasteiger partial charge in [0.05, 0.1) is 11.6 Å². The third kappa shape index (κ3) is 2.33. The third-order valence-corrected chi connectivity index (χ3v) is 5.38. The molecule has 1 aliphatic heterocycles. The van der Waals surface area contributed by atoms with Gasteiger partial charge in [-0.15, -0.1) is 11.8 Å². The first-order valence-electron chi connectivity index (χ1n) is 7.08. The van der Waals surface area contributed by atoms with Gasteiger partial charge in [-0.05, 0) is 35.7 Å². The van der Waals surface area contributed by atoms with Crippen LogP contribution >= 0.6 is 11.8 Å². The molecule has 3 heteroatoms. The number of aliphatic hydroxyl groups is 1. The van der Waals surface area contributed by atoms with E-state index in [4.69, 9.17) is 0 Å². The lowest BCUT2D eigenvalue weighted by Gasteiger charge is -2.17. The Labute approximate surface area is 127 Å². The minimum atomic E-state index is -0.464. The molecule has 0 saturated carbocycles. The van der Waals surface area contributed by atoms with Gasteiger partial charge in [0.2, 0.25) is 0 Å². The SMILES string of the molecule is OC(c1ccc2cccnc2c1)C1Cc2ccccc2S1. The van der Waals surface area contributed by atoms with Crippen molar-refractivity contribution in [1.29, 1.82) is 0 Å². The van der Waals surface area contributed by atoms with Crippen LogP contribution in [-0.2, 0) is 6.42 Å². The van der Waals surface area contributed by atoms with E-state index < -0.39 is 6.10 Å². The maximum atomic E-state index is 10.7. The number of hydrogen-bond acceptors (Lipinski definition) is 3. The van der Waals surface area contributed by atoms with E-state index in [9.17, 15) is 5.11 Å². The van der Waals surface area contributed by atoms with Crippen LogP contribution in [0.1, 0.15) is 17.2 Å². The van der Waals surface area contributed by atoms with Gasteiger partial charge in [-0.25, -0.2) is 0 Å². The van der Waals surface area contributed by atoms with Crippen molar-refractivity contribution in [3.05, 3.63) is 71.9 Å². The highest BCUT2D eigenvalue weighted by Crippen LogP contribution is 2.42.